The molecule has 0 radical (unpaired) electrons. The third kappa shape index (κ3) is 30.0. The van der Waals surface area contributed by atoms with Crippen LogP contribution in [0.2, 0.25) is 0 Å². The van der Waals surface area contributed by atoms with Crippen LogP contribution in [0.15, 0.2) is 60.8 Å². The summed E-state index contributed by atoms with van der Waals surface area (Å²) in [6.45, 7) is 4.38. The molecule has 1 N–H and O–H groups in total. The largest absolute Gasteiger partial charge is 0.481 e. The smallest absolute Gasteiger partial charge is 0.307 e. The zero-order valence-corrected chi connectivity index (χ0v) is 25.2. The first-order valence-electron chi connectivity index (χ1n) is 15.8. The van der Waals surface area contributed by atoms with Crippen LogP contribution in [0.25, 0.3) is 0 Å². The highest BCUT2D eigenvalue weighted by molar-refractivity contribution is 5.71. The highest BCUT2D eigenvalue weighted by atomic mass is 16.5. The van der Waals surface area contributed by atoms with E-state index in [2.05, 4.69) is 74.6 Å². The van der Waals surface area contributed by atoms with Crippen molar-refractivity contribution in [2.75, 3.05) is 0 Å². The third-order valence-electron chi connectivity index (χ3n) is 6.49. The van der Waals surface area contributed by atoms with Crippen LogP contribution < -0.4 is 0 Å². The number of carboxylic acids is 1. The molecule has 0 aliphatic carbocycles. The molecule has 0 aromatic heterocycles. The molecule has 0 amide bonds. The topological polar surface area (TPSA) is 63.6 Å². The summed E-state index contributed by atoms with van der Waals surface area (Å²) >= 11 is 0. The van der Waals surface area contributed by atoms with Crippen LogP contribution in [0.3, 0.4) is 0 Å². The highest BCUT2D eigenvalue weighted by Crippen LogP contribution is 2.15. The van der Waals surface area contributed by atoms with E-state index in [1.807, 2.05) is 0 Å². The molecule has 4 nitrogen and oxygen atoms in total. The number of aliphatic carboxylic acids is 1. The van der Waals surface area contributed by atoms with Gasteiger partial charge in [-0.1, -0.05) is 132 Å². The van der Waals surface area contributed by atoms with Crippen LogP contribution in [0.5, 0.6) is 0 Å². The number of hydrogen-bond acceptors (Lipinski definition) is 3. The van der Waals surface area contributed by atoms with Crippen molar-refractivity contribution in [3.8, 4) is 0 Å². The van der Waals surface area contributed by atoms with Crippen LogP contribution in [0.4, 0.5) is 0 Å². The van der Waals surface area contributed by atoms with Gasteiger partial charge in [-0.05, 0) is 57.8 Å². The summed E-state index contributed by atoms with van der Waals surface area (Å²) in [5.74, 6) is -1.18. The first-order chi connectivity index (χ1) is 19.1. The Kier molecular flexibility index (Phi) is 28.4. The summed E-state index contributed by atoms with van der Waals surface area (Å²) in [6, 6.07) is 0. The molecule has 0 aromatic rings. The first kappa shape index (κ1) is 36.6. The number of esters is 1. The van der Waals surface area contributed by atoms with Gasteiger partial charge in [0.25, 0.3) is 0 Å². The molecule has 0 aliphatic heterocycles. The van der Waals surface area contributed by atoms with Gasteiger partial charge in [0.05, 0.1) is 6.42 Å². The van der Waals surface area contributed by atoms with Crippen LogP contribution in [-0.4, -0.2) is 23.1 Å². The van der Waals surface area contributed by atoms with E-state index in [1.54, 1.807) is 0 Å². The van der Waals surface area contributed by atoms with Gasteiger partial charge >= 0.3 is 11.9 Å². The Morgan fingerprint density at radius 3 is 1.56 bits per heavy atom. The van der Waals surface area contributed by atoms with E-state index in [9.17, 15) is 14.7 Å². The lowest BCUT2D eigenvalue weighted by molar-refractivity contribution is -0.153. The van der Waals surface area contributed by atoms with Gasteiger partial charge in [0.2, 0.25) is 0 Å². The summed E-state index contributed by atoms with van der Waals surface area (Å²) in [4.78, 5) is 23.4. The van der Waals surface area contributed by atoms with Crippen molar-refractivity contribution in [1.82, 2.24) is 0 Å². The van der Waals surface area contributed by atoms with Crippen LogP contribution in [-0.2, 0) is 14.3 Å². The summed E-state index contributed by atoms with van der Waals surface area (Å²) < 4.78 is 5.50. The Morgan fingerprint density at radius 1 is 0.615 bits per heavy atom. The van der Waals surface area contributed by atoms with Crippen LogP contribution >= 0.6 is 0 Å². The number of carbonyl (C=O) groups excluding carboxylic acids is 1. The Morgan fingerprint density at radius 2 is 1.08 bits per heavy atom. The van der Waals surface area contributed by atoms with Crippen molar-refractivity contribution >= 4 is 11.9 Å². The predicted molar refractivity (Wildman–Crippen MR) is 167 cm³/mol. The standard InChI is InChI=1S/C35H58O4/c1-3-5-7-9-11-13-15-16-17-18-19-20-21-23-25-27-29-31-35(38)39-33(32-34(36)37)30-28-26-24-22-14-12-10-8-6-4-2/h5,7,11,13,16-17,19-20,23,25,33H,3-4,6,8-10,12,14-15,18,21-22,24,26-32H2,1-2H3,(H,36,37)/b7-5-,13-11-,17-16-,20-19-,25-23-. The lowest BCUT2D eigenvalue weighted by atomic mass is 10.0. The monoisotopic (exact) mass is 542 g/mol. The zero-order valence-electron chi connectivity index (χ0n) is 25.2. The van der Waals surface area contributed by atoms with Crippen molar-refractivity contribution in [3.63, 3.8) is 0 Å². The molecule has 0 rings (SSSR count). The fraction of sp³-hybridized carbons (Fsp3) is 0.657. The molecule has 0 fully saturated rings. The van der Waals surface area contributed by atoms with Crippen molar-refractivity contribution < 1.29 is 19.4 Å². The van der Waals surface area contributed by atoms with Gasteiger partial charge in [-0.25, -0.2) is 0 Å². The van der Waals surface area contributed by atoms with Crippen LogP contribution in [0, 0.1) is 0 Å². The molecule has 0 aliphatic rings. The second kappa shape index (κ2) is 30.2. The minimum Gasteiger partial charge on any atom is -0.481 e. The number of allylic oxidation sites excluding steroid dienone is 10. The van der Waals surface area contributed by atoms with E-state index in [1.165, 1.54) is 51.4 Å². The van der Waals surface area contributed by atoms with Crippen molar-refractivity contribution in [3.05, 3.63) is 60.8 Å². The molecule has 0 saturated heterocycles. The lowest BCUT2D eigenvalue weighted by Crippen LogP contribution is -2.21. The number of rotatable bonds is 27. The van der Waals surface area contributed by atoms with E-state index in [0.717, 1.165) is 57.8 Å². The maximum Gasteiger partial charge on any atom is 0.307 e. The fourth-order valence-electron chi connectivity index (χ4n) is 4.23. The number of ether oxygens (including phenoxy) is 1. The van der Waals surface area contributed by atoms with Crippen molar-refractivity contribution in [1.29, 1.82) is 0 Å². The van der Waals surface area contributed by atoms with Gasteiger partial charge in [0.1, 0.15) is 6.10 Å². The zero-order chi connectivity index (χ0) is 28.7. The molecule has 222 valence electrons. The highest BCUT2D eigenvalue weighted by Gasteiger charge is 2.17. The lowest BCUT2D eigenvalue weighted by Gasteiger charge is -2.16. The molecule has 4 heteroatoms. The van der Waals surface area contributed by atoms with Gasteiger partial charge in [-0.15, -0.1) is 0 Å². The van der Waals surface area contributed by atoms with Gasteiger partial charge in [-0.2, -0.15) is 0 Å². The summed E-state index contributed by atoms with van der Waals surface area (Å²) in [5, 5.41) is 9.18. The quantitative estimate of drug-likeness (QED) is 0.0637. The Bertz CT molecular complexity index is 714. The molecule has 0 saturated carbocycles. The minimum absolute atomic E-state index is 0.0993. The SMILES string of the molecule is CC/C=C\C/C=C\C/C=C\C/C=C\C/C=C\CCCC(=O)OC(CCCCCCCCCCCC)CC(=O)O. The number of hydrogen-bond donors (Lipinski definition) is 1. The molecule has 0 aromatic carbocycles. The number of carbonyl (C=O) groups is 2. The van der Waals surface area contributed by atoms with E-state index in [0.29, 0.717) is 12.8 Å². The second-order valence-corrected chi connectivity index (χ2v) is 10.3. The van der Waals surface area contributed by atoms with E-state index in [4.69, 9.17) is 4.74 Å². The summed E-state index contributed by atoms with van der Waals surface area (Å²) in [6.07, 6.45) is 40.9. The maximum absolute atomic E-state index is 12.2. The fourth-order valence-corrected chi connectivity index (χ4v) is 4.23. The van der Waals surface area contributed by atoms with Gasteiger partial charge in [0, 0.05) is 6.42 Å². The number of unbranched alkanes of at least 4 members (excludes halogenated alkanes) is 10. The van der Waals surface area contributed by atoms with Crippen molar-refractivity contribution in [2.45, 2.75) is 148 Å². The number of carboxylic acid groups (broad SMARTS) is 1. The normalized spacial score (nSPS) is 13.1. The average molecular weight is 543 g/mol. The van der Waals surface area contributed by atoms with Gasteiger partial charge in [0.15, 0.2) is 0 Å². The Hall–Kier alpha value is -2.36. The molecular weight excluding hydrogens is 484 g/mol. The van der Waals surface area contributed by atoms with Crippen molar-refractivity contribution in [2.24, 2.45) is 0 Å². The van der Waals surface area contributed by atoms with E-state index >= 15 is 0 Å². The van der Waals surface area contributed by atoms with E-state index < -0.39 is 12.1 Å². The molecular formula is C35H58O4. The molecule has 0 heterocycles. The minimum atomic E-state index is -0.904. The third-order valence-corrected chi connectivity index (χ3v) is 6.49. The Balaban J connectivity index is 3.87. The Labute approximate surface area is 240 Å². The first-order valence-corrected chi connectivity index (χ1v) is 15.8. The molecule has 0 bridgehead atoms. The maximum atomic E-state index is 12.2. The van der Waals surface area contributed by atoms with Crippen LogP contribution in [0.1, 0.15) is 142 Å². The molecule has 1 atom stereocenters. The summed E-state index contributed by atoms with van der Waals surface area (Å²) in [7, 11) is 0. The van der Waals surface area contributed by atoms with E-state index in [-0.39, 0.29) is 12.4 Å². The predicted octanol–water partition coefficient (Wildman–Crippen LogP) is 10.6. The summed E-state index contributed by atoms with van der Waals surface area (Å²) in [5.41, 5.74) is 0. The second-order valence-electron chi connectivity index (χ2n) is 10.3. The average Bonchev–Trinajstić information content (AvgIpc) is 2.91. The van der Waals surface area contributed by atoms with Gasteiger partial charge in [-0.3, -0.25) is 9.59 Å². The molecule has 1 unspecified atom stereocenters. The molecule has 0 spiro atoms. The molecule has 39 heavy (non-hydrogen) atoms. The van der Waals surface area contributed by atoms with Gasteiger partial charge < -0.3 is 9.84 Å².